The first-order valence-electron chi connectivity index (χ1n) is 5.23. The number of hydrogen-bond acceptors (Lipinski definition) is 5. The second kappa shape index (κ2) is 8.04. The molecule has 0 saturated carbocycles. The van der Waals surface area contributed by atoms with Gasteiger partial charge in [0.15, 0.2) is 0 Å². The Morgan fingerprint density at radius 3 is 1.89 bits per heavy atom. The van der Waals surface area contributed by atoms with E-state index in [4.69, 9.17) is 10.2 Å². The molecular weight excluding hydrogens is 246 g/mol. The van der Waals surface area contributed by atoms with Crippen LogP contribution in [0.25, 0.3) is 0 Å². The van der Waals surface area contributed by atoms with Gasteiger partial charge in [0.05, 0.1) is 13.0 Å². The SMILES string of the molecule is CCOC(=O)CCC(=O)N(CC(=O)O)CC(=O)O. The Morgan fingerprint density at radius 2 is 1.50 bits per heavy atom. The molecule has 0 aliphatic rings. The smallest absolute Gasteiger partial charge is 0.323 e. The van der Waals surface area contributed by atoms with E-state index in [1.165, 1.54) is 0 Å². The number of carbonyl (C=O) groups excluding carboxylic acids is 2. The topological polar surface area (TPSA) is 121 Å². The van der Waals surface area contributed by atoms with E-state index < -0.39 is 36.9 Å². The van der Waals surface area contributed by atoms with Gasteiger partial charge in [-0.25, -0.2) is 0 Å². The molecule has 0 aliphatic carbocycles. The van der Waals surface area contributed by atoms with Crippen LogP contribution >= 0.6 is 0 Å². The molecule has 0 atom stereocenters. The third-order valence-electron chi connectivity index (χ3n) is 1.85. The van der Waals surface area contributed by atoms with E-state index in [0.717, 1.165) is 0 Å². The van der Waals surface area contributed by atoms with Crippen molar-refractivity contribution in [1.29, 1.82) is 0 Å². The van der Waals surface area contributed by atoms with Crippen molar-refractivity contribution >= 4 is 23.8 Å². The van der Waals surface area contributed by atoms with Crippen molar-refractivity contribution in [2.24, 2.45) is 0 Å². The summed E-state index contributed by atoms with van der Waals surface area (Å²) in [6.45, 7) is 0.365. The number of carboxylic acids is 2. The lowest BCUT2D eigenvalue weighted by Gasteiger charge is -2.17. The van der Waals surface area contributed by atoms with Gasteiger partial charge in [0.1, 0.15) is 13.1 Å². The summed E-state index contributed by atoms with van der Waals surface area (Å²) in [7, 11) is 0. The quantitative estimate of drug-likeness (QED) is 0.555. The van der Waals surface area contributed by atoms with Crippen LogP contribution in [0.4, 0.5) is 0 Å². The molecule has 8 nitrogen and oxygen atoms in total. The molecule has 0 saturated heterocycles. The maximum atomic E-state index is 11.5. The molecule has 0 aromatic rings. The largest absolute Gasteiger partial charge is 0.480 e. The summed E-state index contributed by atoms with van der Waals surface area (Å²) in [6, 6.07) is 0. The summed E-state index contributed by atoms with van der Waals surface area (Å²) in [5.74, 6) is -3.94. The Bertz CT molecular complexity index is 323. The van der Waals surface area contributed by atoms with E-state index in [9.17, 15) is 19.2 Å². The van der Waals surface area contributed by atoms with Crippen molar-refractivity contribution in [3.8, 4) is 0 Å². The Labute approximate surface area is 103 Å². The van der Waals surface area contributed by atoms with Crippen molar-refractivity contribution in [3.63, 3.8) is 0 Å². The van der Waals surface area contributed by atoms with E-state index in [1.807, 2.05) is 0 Å². The molecule has 0 unspecified atom stereocenters. The molecule has 0 aromatic heterocycles. The molecule has 2 N–H and O–H groups in total. The highest BCUT2D eigenvalue weighted by Gasteiger charge is 2.20. The molecule has 8 heteroatoms. The minimum Gasteiger partial charge on any atom is -0.480 e. The Hall–Kier alpha value is -2.12. The van der Waals surface area contributed by atoms with Crippen LogP contribution in [0.3, 0.4) is 0 Å². The van der Waals surface area contributed by atoms with Gasteiger partial charge in [-0.05, 0) is 6.92 Å². The van der Waals surface area contributed by atoms with Gasteiger partial charge in [0.25, 0.3) is 0 Å². The van der Waals surface area contributed by atoms with Crippen LogP contribution in [-0.2, 0) is 23.9 Å². The number of aliphatic carboxylic acids is 2. The average molecular weight is 261 g/mol. The van der Waals surface area contributed by atoms with Crippen LogP contribution in [0, 0.1) is 0 Å². The number of amides is 1. The van der Waals surface area contributed by atoms with Crippen LogP contribution in [-0.4, -0.2) is 58.6 Å². The lowest BCUT2D eigenvalue weighted by molar-refractivity contribution is -0.150. The highest BCUT2D eigenvalue weighted by atomic mass is 16.5. The van der Waals surface area contributed by atoms with Crippen molar-refractivity contribution in [2.45, 2.75) is 19.8 Å². The molecular formula is C10H15NO7. The molecule has 0 fully saturated rings. The number of carbonyl (C=O) groups is 4. The maximum Gasteiger partial charge on any atom is 0.323 e. The fourth-order valence-corrected chi connectivity index (χ4v) is 1.16. The predicted molar refractivity (Wildman–Crippen MR) is 57.7 cm³/mol. The molecule has 0 aromatic carbocycles. The first kappa shape index (κ1) is 15.9. The number of esters is 1. The molecule has 0 aliphatic heterocycles. The first-order valence-corrected chi connectivity index (χ1v) is 5.23. The third-order valence-corrected chi connectivity index (χ3v) is 1.85. The number of nitrogens with zero attached hydrogens (tertiary/aromatic N) is 1. The fourth-order valence-electron chi connectivity index (χ4n) is 1.16. The predicted octanol–water partition coefficient (Wildman–Crippen LogP) is -0.672. The second-order valence-corrected chi connectivity index (χ2v) is 3.34. The first-order chi connectivity index (χ1) is 8.36. The lowest BCUT2D eigenvalue weighted by Crippen LogP contribution is -2.39. The van der Waals surface area contributed by atoms with E-state index in [1.54, 1.807) is 6.92 Å². The molecule has 0 radical (unpaired) electrons. The van der Waals surface area contributed by atoms with Gasteiger partial charge in [0.2, 0.25) is 5.91 Å². The van der Waals surface area contributed by atoms with Crippen molar-refractivity contribution in [3.05, 3.63) is 0 Å². The summed E-state index contributed by atoms with van der Waals surface area (Å²) in [4.78, 5) is 44.1. The zero-order chi connectivity index (χ0) is 14.1. The van der Waals surface area contributed by atoms with Crippen LogP contribution in [0.2, 0.25) is 0 Å². The van der Waals surface area contributed by atoms with Crippen molar-refractivity contribution in [1.82, 2.24) is 4.90 Å². The maximum absolute atomic E-state index is 11.5. The zero-order valence-electron chi connectivity index (χ0n) is 9.92. The highest BCUT2D eigenvalue weighted by Crippen LogP contribution is 2.00. The third kappa shape index (κ3) is 7.20. The Balaban J connectivity index is 4.32. The van der Waals surface area contributed by atoms with Crippen LogP contribution < -0.4 is 0 Å². The van der Waals surface area contributed by atoms with Crippen LogP contribution in [0.5, 0.6) is 0 Å². The molecule has 0 heterocycles. The lowest BCUT2D eigenvalue weighted by atomic mass is 10.2. The van der Waals surface area contributed by atoms with Gasteiger partial charge >= 0.3 is 17.9 Å². The number of hydrogen-bond donors (Lipinski definition) is 2. The van der Waals surface area contributed by atoms with Gasteiger partial charge in [-0.2, -0.15) is 0 Å². The van der Waals surface area contributed by atoms with E-state index in [0.29, 0.717) is 4.90 Å². The van der Waals surface area contributed by atoms with Crippen LogP contribution in [0.15, 0.2) is 0 Å². The van der Waals surface area contributed by atoms with E-state index >= 15 is 0 Å². The standard InChI is InChI=1S/C10H15NO7/c1-2-18-10(17)4-3-7(12)11(5-8(13)14)6-9(15)16/h2-6H2,1H3,(H,13,14)(H,15,16). The van der Waals surface area contributed by atoms with Crippen molar-refractivity contribution in [2.75, 3.05) is 19.7 Å². The van der Waals surface area contributed by atoms with Crippen molar-refractivity contribution < 1.29 is 34.1 Å². The molecule has 102 valence electrons. The van der Waals surface area contributed by atoms with Gasteiger partial charge in [-0.1, -0.05) is 0 Å². The minimum absolute atomic E-state index is 0.182. The Kier molecular flexibility index (Phi) is 7.10. The minimum atomic E-state index is -1.32. The monoisotopic (exact) mass is 261 g/mol. The average Bonchev–Trinajstić information content (AvgIpc) is 2.24. The fraction of sp³-hybridized carbons (Fsp3) is 0.600. The second-order valence-electron chi connectivity index (χ2n) is 3.34. The van der Waals surface area contributed by atoms with Gasteiger partial charge in [-0.15, -0.1) is 0 Å². The van der Waals surface area contributed by atoms with E-state index in [-0.39, 0.29) is 19.4 Å². The summed E-state index contributed by atoms with van der Waals surface area (Å²) in [5.41, 5.74) is 0. The zero-order valence-corrected chi connectivity index (χ0v) is 9.92. The normalized spacial score (nSPS) is 9.61. The molecule has 1 amide bonds. The highest BCUT2D eigenvalue weighted by molar-refractivity contribution is 5.87. The Morgan fingerprint density at radius 1 is 1.00 bits per heavy atom. The molecule has 18 heavy (non-hydrogen) atoms. The summed E-state index contributed by atoms with van der Waals surface area (Å²) in [6.07, 6.45) is -0.484. The summed E-state index contributed by atoms with van der Waals surface area (Å²) in [5, 5.41) is 17.1. The van der Waals surface area contributed by atoms with Crippen LogP contribution in [0.1, 0.15) is 19.8 Å². The van der Waals surface area contributed by atoms with Gasteiger partial charge in [-0.3, -0.25) is 19.2 Å². The number of ether oxygens (including phenoxy) is 1. The molecule has 0 rings (SSSR count). The van der Waals surface area contributed by atoms with Gasteiger partial charge in [0, 0.05) is 6.42 Å². The number of rotatable bonds is 8. The number of carboxylic acid groups (broad SMARTS) is 2. The summed E-state index contributed by atoms with van der Waals surface area (Å²) < 4.78 is 4.59. The summed E-state index contributed by atoms with van der Waals surface area (Å²) >= 11 is 0. The molecule has 0 spiro atoms. The van der Waals surface area contributed by atoms with Gasteiger partial charge < -0.3 is 19.8 Å². The molecule has 0 bridgehead atoms. The van der Waals surface area contributed by atoms with E-state index in [2.05, 4.69) is 4.74 Å².